The lowest BCUT2D eigenvalue weighted by Gasteiger charge is -2.06. The van der Waals surface area contributed by atoms with Crippen LogP contribution in [0.1, 0.15) is 31.0 Å². The van der Waals surface area contributed by atoms with Crippen LogP contribution in [0.3, 0.4) is 0 Å². The molecule has 0 fully saturated rings. The van der Waals surface area contributed by atoms with Gasteiger partial charge in [0, 0.05) is 25.4 Å². The maximum atomic E-state index is 10.4. The van der Waals surface area contributed by atoms with E-state index in [1.165, 1.54) is 0 Å². The molecule has 1 aromatic rings. The monoisotopic (exact) mass is 226 g/mol. The van der Waals surface area contributed by atoms with E-state index >= 15 is 0 Å². The van der Waals surface area contributed by atoms with Crippen molar-refractivity contribution in [2.24, 2.45) is 12.8 Å². The third kappa shape index (κ3) is 3.63. The molecule has 0 unspecified atom stereocenters. The number of primary amides is 1. The van der Waals surface area contributed by atoms with Crippen LogP contribution in [0, 0.1) is 0 Å². The van der Waals surface area contributed by atoms with Crippen LogP contribution < -0.4 is 11.2 Å². The average molecular weight is 226 g/mol. The predicted octanol–water partition coefficient (Wildman–Crippen LogP) is 0.0500. The quantitative estimate of drug-likeness (QED) is 0.530. The maximum absolute atomic E-state index is 10.4. The predicted molar refractivity (Wildman–Crippen MR) is 59.3 cm³/mol. The molecule has 1 heterocycles. The van der Waals surface area contributed by atoms with Gasteiger partial charge in [-0.25, -0.2) is 0 Å². The highest BCUT2D eigenvalue weighted by molar-refractivity contribution is 5.74. The number of rotatable bonds is 6. The number of aromatic nitrogens is 2. The fraction of sp³-hybridized carbons (Fsp3) is 0.600. The smallest absolute Gasteiger partial charge is 0.245 e. The summed E-state index contributed by atoms with van der Waals surface area (Å²) < 4.78 is 1.76. The van der Waals surface area contributed by atoms with Gasteiger partial charge in [0.25, 0.3) is 0 Å². The lowest BCUT2D eigenvalue weighted by molar-refractivity contribution is -0.125. The van der Waals surface area contributed by atoms with Gasteiger partial charge in [0.1, 0.15) is 6.61 Å². The molecule has 0 radical (unpaired) electrons. The first kappa shape index (κ1) is 12.7. The Kier molecular flexibility index (Phi) is 4.45. The fourth-order valence-electron chi connectivity index (χ4n) is 1.43. The van der Waals surface area contributed by atoms with Gasteiger partial charge in [-0.3, -0.25) is 14.3 Å². The molecular formula is C10H18N4O2. The molecule has 1 rings (SSSR count). The second kappa shape index (κ2) is 5.62. The summed E-state index contributed by atoms with van der Waals surface area (Å²) in [6.07, 6.45) is 1.93. The molecule has 0 spiro atoms. The number of aryl methyl sites for hydroxylation is 1. The zero-order valence-electron chi connectivity index (χ0n) is 9.86. The van der Waals surface area contributed by atoms with Gasteiger partial charge < -0.3 is 5.73 Å². The fourth-order valence-corrected chi connectivity index (χ4v) is 1.43. The third-order valence-electron chi connectivity index (χ3n) is 2.06. The Bertz CT molecular complexity index is 360. The molecule has 0 bridgehead atoms. The first-order chi connectivity index (χ1) is 7.50. The van der Waals surface area contributed by atoms with E-state index in [-0.39, 0.29) is 6.61 Å². The molecule has 1 amide bonds. The highest BCUT2D eigenvalue weighted by atomic mass is 16.6. The zero-order valence-corrected chi connectivity index (χ0v) is 9.86. The Morgan fingerprint density at radius 1 is 1.69 bits per heavy atom. The summed E-state index contributed by atoms with van der Waals surface area (Å²) in [7, 11) is 1.87. The summed E-state index contributed by atoms with van der Waals surface area (Å²) in [5.74, 6) is -0.142. The highest BCUT2D eigenvalue weighted by Gasteiger charge is 2.10. The summed E-state index contributed by atoms with van der Waals surface area (Å²) in [5.41, 5.74) is 9.70. The molecule has 16 heavy (non-hydrogen) atoms. The van der Waals surface area contributed by atoms with E-state index in [0.717, 1.165) is 11.3 Å². The number of hydrogen-bond acceptors (Lipinski definition) is 4. The molecule has 1 aromatic heterocycles. The SMILES string of the molecule is CC(C)c1nn(C)cc1CNOCC(N)=O. The first-order valence-electron chi connectivity index (χ1n) is 5.16. The van der Waals surface area contributed by atoms with Crippen LogP contribution in [0.2, 0.25) is 0 Å². The molecule has 90 valence electrons. The van der Waals surface area contributed by atoms with E-state index < -0.39 is 5.91 Å². The van der Waals surface area contributed by atoms with Crippen LogP contribution >= 0.6 is 0 Å². The van der Waals surface area contributed by atoms with Crippen molar-refractivity contribution in [3.8, 4) is 0 Å². The van der Waals surface area contributed by atoms with Crippen molar-refractivity contribution in [1.29, 1.82) is 0 Å². The Morgan fingerprint density at radius 3 is 2.94 bits per heavy atom. The molecule has 0 atom stereocenters. The topological polar surface area (TPSA) is 82.2 Å². The van der Waals surface area contributed by atoms with Gasteiger partial charge in [0.15, 0.2) is 0 Å². The average Bonchev–Trinajstić information content (AvgIpc) is 2.54. The Morgan fingerprint density at radius 2 is 2.38 bits per heavy atom. The van der Waals surface area contributed by atoms with E-state index in [0.29, 0.717) is 12.5 Å². The van der Waals surface area contributed by atoms with Crippen LogP contribution in [-0.2, 0) is 23.2 Å². The van der Waals surface area contributed by atoms with Gasteiger partial charge in [-0.2, -0.15) is 10.6 Å². The van der Waals surface area contributed by atoms with Crippen molar-refractivity contribution in [2.75, 3.05) is 6.61 Å². The molecule has 3 N–H and O–H groups in total. The number of nitrogens with two attached hydrogens (primary N) is 1. The minimum Gasteiger partial charge on any atom is -0.368 e. The van der Waals surface area contributed by atoms with Gasteiger partial charge in [-0.1, -0.05) is 13.8 Å². The van der Waals surface area contributed by atoms with Gasteiger partial charge in [-0.05, 0) is 5.92 Å². The molecule has 0 aromatic carbocycles. The lowest BCUT2D eigenvalue weighted by atomic mass is 10.1. The Hall–Kier alpha value is -1.40. The van der Waals surface area contributed by atoms with Gasteiger partial charge >= 0.3 is 0 Å². The number of hydroxylamine groups is 1. The molecule has 0 saturated heterocycles. The van der Waals surface area contributed by atoms with Crippen molar-refractivity contribution < 1.29 is 9.63 Å². The van der Waals surface area contributed by atoms with Crippen LogP contribution in [-0.4, -0.2) is 22.3 Å². The highest BCUT2D eigenvalue weighted by Crippen LogP contribution is 2.16. The molecule has 6 nitrogen and oxygen atoms in total. The summed E-state index contributed by atoms with van der Waals surface area (Å²) >= 11 is 0. The number of hydrogen-bond donors (Lipinski definition) is 2. The largest absolute Gasteiger partial charge is 0.368 e. The number of amides is 1. The maximum Gasteiger partial charge on any atom is 0.245 e. The van der Waals surface area contributed by atoms with Gasteiger partial charge in [0.2, 0.25) is 5.91 Å². The van der Waals surface area contributed by atoms with E-state index in [9.17, 15) is 4.79 Å². The summed E-state index contributed by atoms with van der Waals surface area (Å²) in [4.78, 5) is 15.3. The third-order valence-corrected chi connectivity index (χ3v) is 2.06. The minimum absolute atomic E-state index is 0.128. The minimum atomic E-state index is -0.497. The van der Waals surface area contributed by atoms with E-state index in [2.05, 4.69) is 24.4 Å². The number of carbonyl (C=O) groups is 1. The number of nitrogens with zero attached hydrogens (tertiary/aromatic N) is 2. The summed E-state index contributed by atoms with van der Waals surface area (Å²) in [5, 5.41) is 4.35. The number of carbonyl (C=O) groups excluding carboxylic acids is 1. The standard InChI is InChI=1S/C10H18N4O2/c1-7(2)10-8(5-14(3)13-10)4-12-16-6-9(11)15/h5,7,12H,4,6H2,1-3H3,(H2,11,15). The van der Waals surface area contributed by atoms with Crippen LogP contribution in [0.4, 0.5) is 0 Å². The first-order valence-corrected chi connectivity index (χ1v) is 5.16. The molecular weight excluding hydrogens is 208 g/mol. The van der Waals surface area contributed by atoms with Crippen LogP contribution in [0.5, 0.6) is 0 Å². The second-order valence-electron chi connectivity index (χ2n) is 3.94. The van der Waals surface area contributed by atoms with Crippen LogP contribution in [0.25, 0.3) is 0 Å². The van der Waals surface area contributed by atoms with E-state index in [4.69, 9.17) is 10.6 Å². The molecule has 0 aliphatic rings. The molecule has 6 heteroatoms. The zero-order chi connectivity index (χ0) is 12.1. The van der Waals surface area contributed by atoms with Gasteiger partial charge in [0.05, 0.1) is 5.69 Å². The van der Waals surface area contributed by atoms with E-state index in [1.807, 2.05) is 13.2 Å². The molecule has 0 aliphatic heterocycles. The second-order valence-corrected chi connectivity index (χ2v) is 3.94. The Balaban J connectivity index is 2.49. The van der Waals surface area contributed by atoms with Crippen molar-refractivity contribution in [2.45, 2.75) is 26.3 Å². The molecule has 0 saturated carbocycles. The van der Waals surface area contributed by atoms with Gasteiger partial charge in [-0.15, -0.1) is 0 Å². The Labute approximate surface area is 94.7 Å². The van der Waals surface area contributed by atoms with Crippen LogP contribution in [0.15, 0.2) is 6.20 Å². The van der Waals surface area contributed by atoms with Crippen molar-refractivity contribution in [1.82, 2.24) is 15.3 Å². The van der Waals surface area contributed by atoms with Crippen molar-refractivity contribution in [3.05, 3.63) is 17.5 Å². The van der Waals surface area contributed by atoms with E-state index in [1.54, 1.807) is 4.68 Å². The van der Waals surface area contributed by atoms with Crippen molar-refractivity contribution in [3.63, 3.8) is 0 Å². The summed E-state index contributed by atoms with van der Waals surface area (Å²) in [6.45, 7) is 4.54. The number of nitrogens with one attached hydrogen (secondary N) is 1. The lowest BCUT2D eigenvalue weighted by Crippen LogP contribution is -2.24. The normalized spacial score (nSPS) is 11.0. The summed E-state index contributed by atoms with van der Waals surface area (Å²) in [6, 6.07) is 0. The molecule has 0 aliphatic carbocycles. The van der Waals surface area contributed by atoms with Crippen molar-refractivity contribution >= 4 is 5.91 Å².